The maximum absolute atomic E-state index is 12.0. The molecule has 0 aliphatic heterocycles. The Morgan fingerprint density at radius 3 is 2.70 bits per heavy atom. The van der Waals surface area contributed by atoms with Crippen molar-refractivity contribution in [2.45, 2.75) is 26.0 Å². The van der Waals surface area contributed by atoms with Crippen molar-refractivity contribution in [2.24, 2.45) is 0 Å². The Morgan fingerprint density at radius 2 is 2.04 bits per heavy atom. The zero-order valence-electron chi connectivity index (χ0n) is 13.0. The van der Waals surface area contributed by atoms with E-state index in [1.807, 2.05) is 25.1 Å². The van der Waals surface area contributed by atoms with Gasteiger partial charge in [0.05, 0.1) is 5.75 Å². The second-order valence-electron chi connectivity index (χ2n) is 5.26. The topological polar surface area (TPSA) is 101 Å². The zero-order valence-corrected chi connectivity index (χ0v) is 13.8. The van der Waals surface area contributed by atoms with Gasteiger partial charge in [0.25, 0.3) is 0 Å². The van der Waals surface area contributed by atoms with Gasteiger partial charge in [-0.15, -0.1) is 0 Å². The molecule has 0 spiro atoms. The van der Waals surface area contributed by atoms with Gasteiger partial charge in [0, 0.05) is 19.0 Å². The van der Waals surface area contributed by atoms with E-state index in [4.69, 9.17) is 4.52 Å². The van der Waals surface area contributed by atoms with Gasteiger partial charge in [0.2, 0.25) is 15.9 Å². The molecule has 0 saturated heterocycles. The van der Waals surface area contributed by atoms with Gasteiger partial charge in [0.1, 0.15) is 5.76 Å². The second-order valence-corrected chi connectivity index (χ2v) is 7.07. The van der Waals surface area contributed by atoms with Gasteiger partial charge in [0.15, 0.2) is 5.82 Å². The van der Waals surface area contributed by atoms with Crippen molar-refractivity contribution in [3.8, 4) is 0 Å². The van der Waals surface area contributed by atoms with Gasteiger partial charge in [-0.25, -0.2) is 13.1 Å². The fourth-order valence-corrected chi connectivity index (χ4v) is 3.16. The van der Waals surface area contributed by atoms with Crippen LogP contribution in [0.25, 0.3) is 0 Å². The number of nitrogens with zero attached hydrogens (tertiary/aromatic N) is 1. The van der Waals surface area contributed by atoms with Crippen LogP contribution in [0.1, 0.15) is 23.3 Å². The lowest BCUT2D eigenvalue weighted by Crippen LogP contribution is -2.28. The quantitative estimate of drug-likeness (QED) is 0.801. The van der Waals surface area contributed by atoms with Gasteiger partial charge in [-0.3, -0.25) is 4.79 Å². The molecule has 0 saturated carbocycles. The van der Waals surface area contributed by atoms with Crippen LogP contribution < -0.4 is 10.0 Å². The minimum absolute atomic E-state index is 0.0129. The number of aryl methyl sites for hydroxylation is 2. The number of aromatic nitrogens is 1. The van der Waals surface area contributed by atoms with Crippen LogP contribution in [0.3, 0.4) is 0 Å². The third-order valence-electron chi connectivity index (χ3n) is 3.01. The molecule has 2 N–H and O–H groups in total. The fourth-order valence-electron chi connectivity index (χ4n) is 2.02. The van der Waals surface area contributed by atoms with Gasteiger partial charge < -0.3 is 9.84 Å². The SMILES string of the molecule is Cc1cccc(CS(=O)(=O)NCCC(=O)Nc2cc(C)on2)c1. The second kappa shape index (κ2) is 7.38. The number of hydrogen-bond acceptors (Lipinski definition) is 5. The predicted molar refractivity (Wildman–Crippen MR) is 86.3 cm³/mol. The number of nitrogens with one attached hydrogen (secondary N) is 2. The highest BCUT2D eigenvalue weighted by Gasteiger charge is 2.13. The number of anilines is 1. The Bertz CT molecular complexity index is 784. The van der Waals surface area contributed by atoms with E-state index in [1.165, 1.54) is 0 Å². The van der Waals surface area contributed by atoms with Crippen LogP contribution in [0.2, 0.25) is 0 Å². The van der Waals surface area contributed by atoms with Gasteiger partial charge >= 0.3 is 0 Å². The van der Waals surface area contributed by atoms with Crippen LogP contribution in [0.5, 0.6) is 0 Å². The number of hydrogen-bond donors (Lipinski definition) is 2. The van der Waals surface area contributed by atoms with Gasteiger partial charge in [-0.1, -0.05) is 35.0 Å². The molecule has 0 fully saturated rings. The van der Waals surface area contributed by atoms with Crippen molar-refractivity contribution in [1.82, 2.24) is 9.88 Å². The molecular formula is C15H19N3O4S. The summed E-state index contributed by atoms with van der Waals surface area (Å²) in [6.07, 6.45) is 0.0129. The van der Waals surface area contributed by atoms with E-state index in [2.05, 4.69) is 15.2 Å². The standard InChI is InChI=1S/C15H19N3O4S/c1-11-4-3-5-13(8-11)10-23(20,21)16-7-6-15(19)17-14-9-12(2)22-18-14/h3-5,8-9,16H,6-7,10H2,1-2H3,(H,17,18,19). The molecule has 1 aromatic carbocycles. The molecule has 124 valence electrons. The molecular weight excluding hydrogens is 318 g/mol. The molecule has 0 radical (unpaired) electrons. The molecule has 23 heavy (non-hydrogen) atoms. The first kappa shape index (κ1) is 17.2. The van der Waals surface area contributed by atoms with Crippen LogP contribution >= 0.6 is 0 Å². The van der Waals surface area contributed by atoms with Crippen LogP contribution in [0.15, 0.2) is 34.9 Å². The van der Waals surface area contributed by atoms with Crippen molar-refractivity contribution < 1.29 is 17.7 Å². The summed E-state index contributed by atoms with van der Waals surface area (Å²) in [5.41, 5.74) is 1.71. The van der Waals surface area contributed by atoms with Crippen molar-refractivity contribution in [1.29, 1.82) is 0 Å². The average Bonchev–Trinajstić information content (AvgIpc) is 2.83. The van der Waals surface area contributed by atoms with E-state index in [-0.39, 0.29) is 24.6 Å². The monoisotopic (exact) mass is 337 g/mol. The Labute approximate surface area is 135 Å². The maximum Gasteiger partial charge on any atom is 0.226 e. The Balaban J connectivity index is 1.79. The highest BCUT2D eigenvalue weighted by Crippen LogP contribution is 2.08. The number of amides is 1. The van der Waals surface area contributed by atoms with Gasteiger partial charge in [-0.2, -0.15) is 0 Å². The number of carbonyl (C=O) groups excluding carboxylic acids is 1. The summed E-state index contributed by atoms with van der Waals surface area (Å²) in [6.45, 7) is 3.64. The first-order valence-electron chi connectivity index (χ1n) is 7.10. The summed E-state index contributed by atoms with van der Waals surface area (Å²) in [6, 6.07) is 8.87. The molecule has 7 nitrogen and oxygen atoms in total. The minimum atomic E-state index is -3.48. The van der Waals surface area contributed by atoms with Gasteiger partial charge in [-0.05, 0) is 19.4 Å². The molecule has 8 heteroatoms. The van der Waals surface area contributed by atoms with E-state index in [9.17, 15) is 13.2 Å². The minimum Gasteiger partial charge on any atom is -0.360 e. The Morgan fingerprint density at radius 1 is 1.26 bits per heavy atom. The Kier molecular flexibility index (Phi) is 5.51. The zero-order chi connectivity index (χ0) is 16.9. The summed E-state index contributed by atoms with van der Waals surface area (Å²) in [5.74, 6) is 0.449. The largest absolute Gasteiger partial charge is 0.360 e. The lowest BCUT2D eigenvalue weighted by molar-refractivity contribution is -0.116. The molecule has 1 aromatic heterocycles. The highest BCUT2D eigenvalue weighted by molar-refractivity contribution is 7.88. The van der Waals surface area contributed by atoms with Crippen molar-refractivity contribution in [3.05, 3.63) is 47.2 Å². The molecule has 2 rings (SSSR count). The Hall–Kier alpha value is -2.19. The summed E-state index contributed by atoms with van der Waals surface area (Å²) < 4.78 is 31.2. The summed E-state index contributed by atoms with van der Waals surface area (Å²) >= 11 is 0. The summed E-state index contributed by atoms with van der Waals surface area (Å²) in [7, 11) is -3.48. The van der Waals surface area contributed by atoms with Crippen molar-refractivity contribution in [3.63, 3.8) is 0 Å². The molecule has 1 amide bonds. The number of benzene rings is 1. The van der Waals surface area contributed by atoms with Crippen LogP contribution in [0.4, 0.5) is 5.82 Å². The molecule has 1 heterocycles. The number of sulfonamides is 1. The van der Waals surface area contributed by atoms with Crippen molar-refractivity contribution in [2.75, 3.05) is 11.9 Å². The van der Waals surface area contributed by atoms with Crippen LogP contribution in [-0.4, -0.2) is 26.0 Å². The molecule has 0 unspecified atom stereocenters. The van der Waals surface area contributed by atoms with Crippen LogP contribution in [-0.2, 0) is 20.6 Å². The fraction of sp³-hybridized carbons (Fsp3) is 0.333. The number of rotatable bonds is 7. The summed E-state index contributed by atoms with van der Waals surface area (Å²) in [5, 5.41) is 6.16. The number of carbonyl (C=O) groups is 1. The third-order valence-corrected chi connectivity index (χ3v) is 4.37. The normalized spacial score (nSPS) is 11.4. The predicted octanol–water partition coefficient (Wildman–Crippen LogP) is 1.74. The maximum atomic E-state index is 12.0. The smallest absolute Gasteiger partial charge is 0.226 e. The first-order valence-corrected chi connectivity index (χ1v) is 8.75. The van der Waals surface area contributed by atoms with E-state index in [0.717, 1.165) is 5.56 Å². The van der Waals surface area contributed by atoms with E-state index >= 15 is 0 Å². The molecule has 2 aromatic rings. The van der Waals surface area contributed by atoms with E-state index < -0.39 is 10.0 Å². The third kappa shape index (κ3) is 5.84. The molecule has 0 bridgehead atoms. The van der Waals surface area contributed by atoms with E-state index in [1.54, 1.807) is 19.1 Å². The molecule has 0 aliphatic rings. The van der Waals surface area contributed by atoms with E-state index in [0.29, 0.717) is 17.1 Å². The molecule has 0 atom stereocenters. The molecule has 0 aliphatic carbocycles. The lowest BCUT2D eigenvalue weighted by atomic mass is 10.2. The summed E-state index contributed by atoms with van der Waals surface area (Å²) in [4.78, 5) is 11.7. The lowest BCUT2D eigenvalue weighted by Gasteiger charge is -2.07. The van der Waals surface area contributed by atoms with Crippen molar-refractivity contribution >= 4 is 21.7 Å². The average molecular weight is 337 g/mol. The van der Waals surface area contributed by atoms with Crippen LogP contribution in [0, 0.1) is 13.8 Å². The first-order chi connectivity index (χ1) is 10.8. The highest BCUT2D eigenvalue weighted by atomic mass is 32.2.